The first-order valence-electron chi connectivity index (χ1n) is 8.93. The maximum atomic E-state index is 6.26. The van der Waals surface area contributed by atoms with Gasteiger partial charge in [0.1, 0.15) is 17.7 Å². The van der Waals surface area contributed by atoms with Gasteiger partial charge in [0.05, 0.1) is 11.9 Å². The van der Waals surface area contributed by atoms with E-state index in [9.17, 15) is 0 Å². The molecule has 1 atom stereocenters. The summed E-state index contributed by atoms with van der Waals surface area (Å²) in [7, 11) is 2.06. The van der Waals surface area contributed by atoms with Crippen molar-refractivity contribution < 1.29 is 0 Å². The molecule has 1 aromatic heterocycles. The Bertz CT molecular complexity index is 929. The van der Waals surface area contributed by atoms with Crippen LogP contribution in [0.3, 0.4) is 0 Å². The number of aryl methyl sites for hydroxylation is 1. The minimum absolute atomic E-state index is 0.00192. The smallest absolute Gasteiger partial charge is 0.148 e. The van der Waals surface area contributed by atoms with E-state index in [2.05, 4.69) is 57.4 Å². The Morgan fingerprint density at radius 3 is 2.88 bits per heavy atom. The molecule has 2 aromatic rings. The van der Waals surface area contributed by atoms with E-state index in [1.165, 1.54) is 36.6 Å². The number of nitrogens with one attached hydrogen (secondary N) is 1. The second-order valence-corrected chi connectivity index (χ2v) is 7.09. The first-order valence-corrected chi connectivity index (χ1v) is 8.93. The maximum absolute atomic E-state index is 6.26. The van der Waals surface area contributed by atoms with Crippen molar-refractivity contribution in [1.29, 1.82) is 0 Å². The summed E-state index contributed by atoms with van der Waals surface area (Å²) < 4.78 is 2.13. The van der Waals surface area contributed by atoms with Crippen molar-refractivity contribution in [2.75, 3.05) is 0 Å². The molecular formula is C19H22N6. The van der Waals surface area contributed by atoms with Crippen LogP contribution < -0.4 is 11.1 Å². The van der Waals surface area contributed by atoms with Crippen LogP contribution in [-0.2, 0) is 7.05 Å². The molecule has 3 heterocycles. The van der Waals surface area contributed by atoms with Crippen molar-refractivity contribution in [2.24, 2.45) is 22.9 Å². The number of nitrogens with two attached hydrogens (primary N) is 1. The molecule has 0 radical (unpaired) electrons. The summed E-state index contributed by atoms with van der Waals surface area (Å²) in [5.74, 6) is 0.566. The number of aliphatic imine (C=N–C) groups is 1. The monoisotopic (exact) mass is 334 g/mol. The summed E-state index contributed by atoms with van der Waals surface area (Å²) in [6.07, 6.45) is 8.72. The fourth-order valence-corrected chi connectivity index (χ4v) is 4.26. The van der Waals surface area contributed by atoms with E-state index in [0.717, 1.165) is 16.8 Å². The van der Waals surface area contributed by atoms with Crippen LogP contribution in [0, 0.1) is 0 Å². The molecule has 3 N–H and O–H groups in total. The fraction of sp³-hybridized carbons (Fsp3) is 0.368. The minimum Gasteiger partial charge on any atom is -0.383 e. The Morgan fingerprint density at radius 1 is 1.20 bits per heavy atom. The van der Waals surface area contributed by atoms with Crippen LogP contribution in [-0.4, -0.2) is 33.8 Å². The molecule has 0 saturated heterocycles. The normalized spacial score (nSPS) is 23.3. The molecule has 5 rings (SSSR count). The van der Waals surface area contributed by atoms with E-state index in [-0.39, 0.29) is 6.17 Å². The number of hydrazone groups is 1. The van der Waals surface area contributed by atoms with Gasteiger partial charge in [0.2, 0.25) is 0 Å². The lowest BCUT2D eigenvalue weighted by atomic mass is 9.99. The molecule has 2 aliphatic heterocycles. The Morgan fingerprint density at radius 2 is 2.04 bits per heavy atom. The topological polar surface area (TPSA) is 70.9 Å². The van der Waals surface area contributed by atoms with Crippen LogP contribution in [0.4, 0.5) is 0 Å². The van der Waals surface area contributed by atoms with Gasteiger partial charge in [-0.3, -0.25) is 5.01 Å². The Labute approximate surface area is 146 Å². The van der Waals surface area contributed by atoms with E-state index in [1.807, 2.05) is 0 Å². The molecule has 1 aromatic carbocycles. The lowest BCUT2D eigenvalue weighted by Gasteiger charge is -2.31. The molecule has 1 aliphatic carbocycles. The maximum Gasteiger partial charge on any atom is 0.148 e. The highest BCUT2D eigenvalue weighted by atomic mass is 15.6. The summed E-state index contributed by atoms with van der Waals surface area (Å²) in [5.41, 5.74) is 10.5. The van der Waals surface area contributed by atoms with Gasteiger partial charge in [-0.2, -0.15) is 5.10 Å². The van der Waals surface area contributed by atoms with E-state index in [1.54, 1.807) is 6.34 Å². The third-order valence-electron chi connectivity index (χ3n) is 5.58. The lowest BCUT2D eigenvalue weighted by molar-refractivity contribution is 0.167. The van der Waals surface area contributed by atoms with Crippen molar-refractivity contribution >= 4 is 23.0 Å². The number of aromatic nitrogens is 1. The molecule has 0 spiro atoms. The van der Waals surface area contributed by atoms with Gasteiger partial charge in [-0.25, -0.2) is 4.99 Å². The Kier molecular flexibility index (Phi) is 3.13. The van der Waals surface area contributed by atoms with Crippen LogP contribution in [0.5, 0.6) is 0 Å². The lowest BCUT2D eigenvalue weighted by Crippen LogP contribution is -2.47. The summed E-state index contributed by atoms with van der Waals surface area (Å²) in [5, 5.41) is 11.8. The summed E-state index contributed by atoms with van der Waals surface area (Å²) in [6, 6.07) is 9.09. The van der Waals surface area contributed by atoms with Gasteiger partial charge < -0.3 is 15.6 Å². The second kappa shape index (κ2) is 5.37. The van der Waals surface area contributed by atoms with Crippen LogP contribution >= 0.6 is 0 Å². The van der Waals surface area contributed by atoms with E-state index in [0.29, 0.717) is 11.9 Å². The zero-order valence-electron chi connectivity index (χ0n) is 14.3. The highest BCUT2D eigenvalue weighted by Crippen LogP contribution is 2.34. The molecule has 6 heteroatoms. The standard InChI is InChI=1S/C19H22N6/c1-24-9-8-12-10-13(6-7-15(12)24)17-16-18(20)21-11-22-19(16)25(23-17)14-4-2-3-5-14/h6-11,14,19H,2-5,20H2,1H3,(H,21,22). The van der Waals surface area contributed by atoms with Crippen molar-refractivity contribution in [2.45, 2.75) is 37.9 Å². The van der Waals surface area contributed by atoms with Crippen molar-refractivity contribution in [3.05, 3.63) is 47.4 Å². The van der Waals surface area contributed by atoms with Gasteiger partial charge in [0, 0.05) is 35.8 Å². The van der Waals surface area contributed by atoms with Crippen LogP contribution in [0.15, 0.2) is 52.0 Å². The van der Waals surface area contributed by atoms with E-state index in [4.69, 9.17) is 10.8 Å². The van der Waals surface area contributed by atoms with Gasteiger partial charge in [0.15, 0.2) is 0 Å². The first kappa shape index (κ1) is 14.6. The molecule has 3 aliphatic rings. The van der Waals surface area contributed by atoms with Crippen molar-refractivity contribution in [3.63, 3.8) is 0 Å². The Balaban J connectivity index is 1.63. The average molecular weight is 334 g/mol. The molecule has 1 saturated carbocycles. The van der Waals surface area contributed by atoms with E-state index < -0.39 is 0 Å². The quantitative estimate of drug-likeness (QED) is 0.885. The number of rotatable bonds is 2. The fourth-order valence-electron chi connectivity index (χ4n) is 4.26. The van der Waals surface area contributed by atoms with Crippen molar-refractivity contribution in [1.82, 2.24) is 14.9 Å². The number of hydrogen-bond donors (Lipinski definition) is 2. The van der Waals surface area contributed by atoms with Gasteiger partial charge >= 0.3 is 0 Å². The predicted molar refractivity (Wildman–Crippen MR) is 100 cm³/mol. The van der Waals surface area contributed by atoms with Gasteiger partial charge in [-0.1, -0.05) is 18.9 Å². The average Bonchev–Trinajstić information content (AvgIpc) is 3.33. The summed E-state index contributed by atoms with van der Waals surface area (Å²) in [6.45, 7) is 0. The number of nitrogens with zero attached hydrogens (tertiary/aromatic N) is 4. The van der Waals surface area contributed by atoms with Crippen LogP contribution in [0.2, 0.25) is 0 Å². The van der Waals surface area contributed by atoms with Crippen molar-refractivity contribution in [3.8, 4) is 0 Å². The number of benzene rings is 1. The molecule has 6 nitrogen and oxygen atoms in total. The number of fused-ring (bicyclic) bond motifs is 2. The van der Waals surface area contributed by atoms with Crippen LogP contribution in [0.25, 0.3) is 10.9 Å². The number of hydrogen-bond acceptors (Lipinski definition) is 5. The molecule has 0 amide bonds. The molecule has 0 bridgehead atoms. The van der Waals surface area contributed by atoms with Gasteiger partial charge in [-0.15, -0.1) is 0 Å². The van der Waals surface area contributed by atoms with Gasteiger partial charge in [0.25, 0.3) is 0 Å². The molecule has 128 valence electrons. The molecule has 25 heavy (non-hydrogen) atoms. The van der Waals surface area contributed by atoms with Crippen LogP contribution in [0.1, 0.15) is 31.2 Å². The first-order chi connectivity index (χ1) is 12.2. The summed E-state index contributed by atoms with van der Waals surface area (Å²) in [4.78, 5) is 4.29. The van der Waals surface area contributed by atoms with E-state index >= 15 is 0 Å². The second-order valence-electron chi connectivity index (χ2n) is 7.09. The van der Waals surface area contributed by atoms with Gasteiger partial charge in [-0.05, 0) is 31.0 Å². The third kappa shape index (κ3) is 2.17. The molecule has 1 fully saturated rings. The Hall–Kier alpha value is -2.76. The zero-order chi connectivity index (χ0) is 17.0. The predicted octanol–water partition coefficient (Wildman–Crippen LogP) is 2.27. The summed E-state index contributed by atoms with van der Waals surface area (Å²) >= 11 is 0. The molecule has 1 unspecified atom stereocenters. The SMILES string of the molecule is Cn1ccc2cc(C3=NN(C4CCCC4)C4NC=NC(N)=C34)ccc21. The minimum atomic E-state index is 0.00192. The third-order valence-corrected chi connectivity index (χ3v) is 5.58. The highest BCUT2D eigenvalue weighted by Gasteiger charge is 2.40. The largest absolute Gasteiger partial charge is 0.383 e. The highest BCUT2D eigenvalue weighted by molar-refractivity contribution is 6.16. The molecular weight excluding hydrogens is 312 g/mol. The zero-order valence-corrected chi connectivity index (χ0v) is 14.3.